The van der Waals surface area contributed by atoms with Gasteiger partial charge in [-0.15, -0.1) is 0 Å². The number of hydrogen-bond donors (Lipinski definition) is 0. The molecule has 3 heterocycles. The Kier molecular flexibility index (Phi) is 5.13. The molecule has 3 aromatic rings. The van der Waals surface area contributed by atoms with Crippen molar-refractivity contribution < 1.29 is 4.79 Å². The fourth-order valence-electron chi connectivity index (χ4n) is 3.71. The average Bonchev–Trinajstić information content (AvgIpc) is 3.30. The van der Waals surface area contributed by atoms with Crippen LogP contribution in [0, 0.1) is 18.3 Å². The molecule has 0 spiro atoms. The van der Waals surface area contributed by atoms with Crippen LogP contribution in [0.1, 0.15) is 40.9 Å². The van der Waals surface area contributed by atoms with Crippen LogP contribution in [0.2, 0.25) is 0 Å². The van der Waals surface area contributed by atoms with Gasteiger partial charge in [0.1, 0.15) is 0 Å². The third-order valence-electron chi connectivity index (χ3n) is 5.27. The van der Waals surface area contributed by atoms with Crippen LogP contribution in [-0.2, 0) is 13.1 Å². The summed E-state index contributed by atoms with van der Waals surface area (Å²) in [4.78, 5) is 18.9. The smallest absolute Gasteiger partial charge is 0.254 e. The van der Waals surface area contributed by atoms with Crippen molar-refractivity contribution in [3.05, 3.63) is 59.5 Å². The van der Waals surface area contributed by atoms with Gasteiger partial charge in [0.15, 0.2) is 0 Å². The molecule has 146 valence electrons. The fourth-order valence-corrected chi connectivity index (χ4v) is 3.71. The summed E-state index contributed by atoms with van der Waals surface area (Å²) in [7, 11) is 1.82. The molecule has 0 aliphatic carbocycles. The Morgan fingerprint density at radius 3 is 2.83 bits per heavy atom. The first-order chi connectivity index (χ1) is 14.1. The van der Waals surface area contributed by atoms with E-state index in [2.05, 4.69) is 17.2 Å². The van der Waals surface area contributed by atoms with Gasteiger partial charge in [-0.05, 0) is 37.5 Å². The molecular formula is C23H23N5O. The molecule has 0 unspecified atom stereocenters. The molecule has 0 N–H and O–H groups in total. The SMILES string of the molecule is Cc1ccc(-c2cnn(CCCCC#N)c2)c(-c2ccc3c(c2)C(=O)N(C)C3)n1. The first kappa shape index (κ1) is 18.9. The van der Waals surface area contributed by atoms with Crippen LogP contribution >= 0.6 is 0 Å². The topological polar surface area (TPSA) is 74.8 Å². The summed E-state index contributed by atoms with van der Waals surface area (Å²) in [5.41, 5.74) is 6.53. The number of carbonyl (C=O) groups excluding carboxylic acids is 1. The Bertz CT molecular complexity index is 1110. The van der Waals surface area contributed by atoms with Gasteiger partial charge >= 0.3 is 0 Å². The number of hydrogen-bond acceptors (Lipinski definition) is 4. The molecule has 0 atom stereocenters. The van der Waals surface area contributed by atoms with Crippen molar-refractivity contribution in [2.75, 3.05) is 7.05 Å². The Morgan fingerprint density at radius 1 is 1.14 bits per heavy atom. The monoisotopic (exact) mass is 385 g/mol. The van der Waals surface area contributed by atoms with Crippen molar-refractivity contribution in [1.82, 2.24) is 19.7 Å². The number of amides is 1. The van der Waals surface area contributed by atoms with E-state index in [0.29, 0.717) is 13.0 Å². The summed E-state index contributed by atoms with van der Waals surface area (Å²) in [6.07, 6.45) is 6.25. The minimum Gasteiger partial charge on any atom is -0.337 e. The Morgan fingerprint density at radius 2 is 2.00 bits per heavy atom. The summed E-state index contributed by atoms with van der Waals surface area (Å²) >= 11 is 0. The largest absolute Gasteiger partial charge is 0.337 e. The van der Waals surface area contributed by atoms with Crippen LogP contribution in [0.4, 0.5) is 0 Å². The fraction of sp³-hybridized carbons (Fsp3) is 0.304. The second-order valence-electron chi connectivity index (χ2n) is 7.49. The van der Waals surface area contributed by atoms with E-state index in [0.717, 1.165) is 58.6 Å². The predicted octanol–water partition coefficient (Wildman–Crippen LogP) is 4.20. The van der Waals surface area contributed by atoms with Crippen molar-refractivity contribution in [2.24, 2.45) is 0 Å². The number of nitriles is 1. The lowest BCUT2D eigenvalue weighted by Gasteiger charge is -2.10. The van der Waals surface area contributed by atoms with Gasteiger partial charge in [-0.1, -0.05) is 18.2 Å². The molecular weight excluding hydrogens is 362 g/mol. The van der Waals surface area contributed by atoms with Crippen LogP contribution in [0.3, 0.4) is 0 Å². The highest BCUT2D eigenvalue weighted by Gasteiger charge is 2.25. The number of nitrogens with zero attached hydrogens (tertiary/aromatic N) is 5. The highest BCUT2D eigenvalue weighted by molar-refractivity contribution is 5.99. The standard InChI is InChI=1S/C23H23N5O/c1-16-6-9-20(19-13-25-28(15-19)11-5-3-4-10-24)22(26-16)17-7-8-18-14-27(2)23(29)21(18)12-17/h6-9,12-13,15H,3-5,11,14H2,1-2H3. The molecule has 4 rings (SSSR count). The number of carbonyl (C=O) groups is 1. The summed E-state index contributed by atoms with van der Waals surface area (Å²) in [6, 6.07) is 12.3. The van der Waals surface area contributed by atoms with E-state index < -0.39 is 0 Å². The third-order valence-corrected chi connectivity index (χ3v) is 5.27. The summed E-state index contributed by atoms with van der Waals surface area (Å²) < 4.78 is 1.91. The number of unbranched alkanes of at least 4 members (excludes halogenated alkanes) is 2. The lowest BCUT2D eigenvalue weighted by atomic mass is 9.98. The van der Waals surface area contributed by atoms with E-state index in [1.54, 1.807) is 4.90 Å². The van der Waals surface area contributed by atoms with Crippen molar-refractivity contribution in [1.29, 1.82) is 5.26 Å². The zero-order valence-corrected chi connectivity index (χ0v) is 16.7. The Hall–Kier alpha value is -3.46. The van der Waals surface area contributed by atoms with E-state index in [1.165, 1.54) is 0 Å². The van der Waals surface area contributed by atoms with Crippen LogP contribution in [0.15, 0.2) is 42.7 Å². The molecule has 1 aliphatic heterocycles. The predicted molar refractivity (Wildman–Crippen MR) is 111 cm³/mol. The zero-order chi connectivity index (χ0) is 20.4. The molecule has 1 aliphatic rings. The maximum absolute atomic E-state index is 12.4. The molecule has 2 aromatic heterocycles. The van der Waals surface area contributed by atoms with Gasteiger partial charge in [-0.25, -0.2) is 0 Å². The molecule has 29 heavy (non-hydrogen) atoms. The van der Waals surface area contributed by atoms with Gasteiger partial charge in [0, 0.05) is 60.7 Å². The average molecular weight is 385 g/mol. The van der Waals surface area contributed by atoms with E-state index in [9.17, 15) is 4.79 Å². The minimum absolute atomic E-state index is 0.0567. The Balaban J connectivity index is 1.67. The van der Waals surface area contributed by atoms with Crippen LogP contribution in [0.5, 0.6) is 0 Å². The maximum atomic E-state index is 12.4. The molecule has 0 saturated heterocycles. The van der Waals surface area contributed by atoms with Crippen molar-refractivity contribution in [2.45, 2.75) is 39.3 Å². The van der Waals surface area contributed by atoms with Gasteiger partial charge in [0.05, 0.1) is 18.0 Å². The van der Waals surface area contributed by atoms with Crippen LogP contribution in [0.25, 0.3) is 22.4 Å². The summed E-state index contributed by atoms with van der Waals surface area (Å²) in [5.74, 6) is 0.0567. The van der Waals surface area contributed by atoms with Crippen molar-refractivity contribution >= 4 is 5.91 Å². The van der Waals surface area contributed by atoms with Gasteiger partial charge in [-0.3, -0.25) is 14.5 Å². The van der Waals surface area contributed by atoms with Crippen LogP contribution in [-0.4, -0.2) is 32.6 Å². The highest BCUT2D eigenvalue weighted by Crippen LogP contribution is 2.33. The van der Waals surface area contributed by atoms with Gasteiger partial charge in [0.2, 0.25) is 0 Å². The lowest BCUT2D eigenvalue weighted by molar-refractivity contribution is 0.0816. The van der Waals surface area contributed by atoms with Gasteiger partial charge in [-0.2, -0.15) is 10.4 Å². The van der Waals surface area contributed by atoms with Gasteiger partial charge in [0.25, 0.3) is 5.91 Å². The van der Waals surface area contributed by atoms with E-state index >= 15 is 0 Å². The number of aryl methyl sites for hydroxylation is 2. The lowest BCUT2D eigenvalue weighted by Crippen LogP contribution is -2.17. The summed E-state index contributed by atoms with van der Waals surface area (Å²) in [5, 5.41) is 13.1. The maximum Gasteiger partial charge on any atom is 0.254 e. The normalized spacial score (nSPS) is 12.9. The number of rotatable bonds is 6. The van der Waals surface area contributed by atoms with Crippen molar-refractivity contribution in [3.8, 4) is 28.5 Å². The first-order valence-corrected chi connectivity index (χ1v) is 9.83. The first-order valence-electron chi connectivity index (χ1n) is 9.83. The molecule has 0 fully saturated rings. The van der Waals surface area contributed by atoms with E-state index in [1.807, 2.05) is 55.3 Å². The highest BCUT2D eigenvalue weighted by atomic mass is 16.2. The summed E-state index contributed by atoms with van der Waals surface area (Å²) in [6.45, 7) is 3.41. The number of benzene rings is 1. The molecule has 6 heteroatoms. The number of fused-ring (bicyclic) bond motifs is 1. The molecule has 1 aromatic carbocycles. The molecule has 0 saturated carbocycles. The molecule has 6 nitrogen and oxygen atoms in total. The van der Waals surface area contributed by atoms with E-state index in [-0.39, 0.29) is 5.91 Å². The Labute approximate surface area is 170 Å². The number of aromatic nitrogens is 3. The molecule has 0 bridgehead atoms. The quantitative estimate of drug-likeness (QED) is 0.596. The molecule has 1 amide bonds. The minimum atomic E-state index is 0.0567. The molecule has 0 radical (unpaired) electrons. The van der Waals surface area contributed by atoms with Crippen LogP contribution < -0.4 is 0 Å². The zero-order valence-electron chi connectivity index (χ0n) is 16.7. The second-order valence-corrected chi connectivity index (χ2v) is 7.49. The second kappa shape index (κ2) is 7.88. The van der Waals surface area contributed by atoms with Gasteiger partial charge < -0.3 is 4.90 Å². The number of pyridine rings is 1. The van der Waals surface area contributed by atoms with E-state index in [4.69, 9.17) is 10.2 Å². The van der Waals surface area contributed by atoms with Crippen molar-refractivity contribution in [3.63, 3.8) is 0 Å². The third kappa shape index (κ3) is 3.77.